The summed E-state index contributed by atoms with van der Waals surface area (Å²) in [5, 5.41) is 0. The first-order valence-corrected chi connectivity index (χ1v) is 10.8. The molecule has 2 amide bonds. The highest BCUT2D eigenvalue weighted by molar-refractivity contribution is 5.97. The molecule has 2 saturated heterocycles. The number of hydrogen-bond acceptors (Lipinski definition) is 4. The van der Waals surface area contributed by atoms with Crippen LogP contribution in [-0.2, 0) is 11.3 Å². The molecule has 6 nitrogen and oxygen atoms in total. The van der Waals surface area contributed by atoms with Crippen LogP contribution in [0.25, 0.3) is 0 Å². The summed E-state index contributed by atoms with van der Waals surface area (Å²) >= 11 is 0. The molecule has 7 heteroatoms. The van der Waals surface area contributed by atoms with Crippen LogP contribution in [0.1, 0.15) is 28.8 Å². The Kier molecular flexibility index (Phi) is 6.51. The molecule has 1 unspecified atom stereocenters. The summed E-state index contributed by atoms with van der Waals surface area (Å²) in [6, 6.07) is 13.4. The Morgan fingerprint density at radius 1 is 1.03 bits per heavy atom. The molecular formula is C24H28FN3O3. The van der Waals surface area contributed by atoms with Crippen molar-refractivity contribution in [3.05, 3.63) is 65.5 Å². The predicted octanol–water partition coefficient (Wildman–Crippen LogP) is 2.78. The summed E-state index contributed by atoms with van der Waals surface area (Å²) in [6.07, 6.45) is 1.60. The van der Waals surface area contributed by atoms with Crippen LogP contribution < -0.4 is 4.74 Å². The summed E-state index contributed by atoms with van der Waals surface area (Å²) in [6.45, 7) is 3.90. The first kappa shape index (κ1) is 21.3. The number of carbonyl (C=O) groups excluding carboxylic acids is 2. The minimum absolute atomic E-state index is 0.0324. The lowest BCUT2D eigenvalue weighted by Gasteiger charge is -2.27. The zero-order chi connectivity index (χ0) is 21.8. The molecule has 0 saturated carbocycles. The summed E-state index contributed by atoms with van der Waals surface area (Å²) in [7, 11) is 1.57. The maximum absolute atomic E-state index is 13.1. The van der Waals surface area contributed by atoms with Gasteiger partial charge in [0, 0.05) is 39.3 Å². The minimum Gasteiger partial charge on any atom is -0.496 e. The van der Waals surface area contributed by atoms with Gasteiger partial charge in [-0.1, -0.05) is 24.3 Å². The Morgan fingerprint density at radius 3 is 2.58 bits per heavy atom. The summed E-state index contributed by atoms with van der Waals surface area (Å²) in [4.78, 5) is 32.0. The predicted molar refractivity (Wildman–Crippen MR) is 115 cm³/mol. The number of amides is 2. The number of para-hydroxylation sites is 1. The zero-order valence-corrected chi connectivity index (χ0v) is 17.8. The van der Waals surface area contributed by atoms with Crippen molar-refractivity contribution in [2.45, 2.75) is 25.4 Å². The van der Waals surface area contributed by atoms with Crippen LogP contribution in [0.4, 0.5) is 4.39 Å². The number of carbonyl (C=O) groups is 2. The molecule has 31 heavy (non-hydrogen) atoms. The van der Waals surface area contributed by atoms with Crippen molar-refractivity contribution in [3.63, 3.8) is 0 Å². The Bertz CT molecular complexity index is 934. The van der Waals surface area contributed by atoms with Crippen LogP contribution in [0.3, 0.4) is 0 Å². The standard InChI is InChI=1S/C24H28FN3O3/c1-31-22-6-3-2-5-20(22)23(29)27-13-4-12-26(15-16-27)21-11-14-28(24(21)30)17-18-7-9-19(25)10-8-18/h2-3,5-10,21H,4,11-17H2,1H3. The van der Waals surface area contributed by atoms with E-state index < -0.39 is 0 Å². The average molecular weight is 426 g/mol. The van der Waals surface area contributed by atoms with Crippen molar-refractivity contribution < 1.29 is 18.7 Å². The largest absolute Gasteiger partial charge is 0.496 e. The van der Waals surface area contributed by atoms with Gasteiger partial charge in [-0.15, -0.1) is 0 Å². The third-order valence-electron chi connectivity index (χ3n) is 6.15. The van der Waals surface area contributed by atoms with E-state index in [1.54, 1.807) is 31.4 Å². The quantitative estimate of drug-likeness (QED) is 0.739. The third-order valence-corrected chi connectivity index (χ3v) is 6.15. The Balaban J connectivity index is 1.37. The van der Waals surface area contributed by atoms with E-state index in [2.05, 4.69) is 4.90 Å². The van der Waals surface area contributed by atoms with E-state index in [1.807, 2.05) is 21.9 Å². The Hall–Kier alpha value is -2.93. The monoisotopic (exact) mass is 425 g/mol. The average Bonchev–Trinajstić information content (AvgIpc) is 3.00. The highest BCUT2D eigenvalue weighted by Crippen LogP contribution is 2.23. The molecule has 2 aromatic carbocycles. The topological polar surface area (TPSA) is 53.1 Å². The molecule has 4 rings (SSSR count). The number of methoxy groups -OCH3 is 1. The Morgan fingerprint density at radius 2 is 1.81 bits per heavy atom. The molecule has 0 spiro atoms. The van der Waals surface area contributed by atoms with Gasteiger partial charge >= 0.3 is 0 Å². The fraction of sp³-hybridized carbons (Fsp3) is 0.417. The maximum atomic E-state index is 13.1. The van der Waals surface area contributed by atoms with Gasteiger partial charge in [0.1, 0.15) is 11.6 Å². The fourth-order valence-corrected chi connectivity index (χ4v) is 4.47. The van der Waals surface area contributed by atoms with Crippen LogP contribution in [-0.4, -0.2) is 72.4 Å². The van der Waals surface area contributed by atoms with Gasteiger partial charge in [0.25, 0.3) is 5.91 Å². The van der Waals surface area contributed by atoms with Crippen molar-refractivity contribution >= 4 is 11.8 Å². The third kappa shape index (κ3) is 4.71. The Labute approximate surface area is 182 Å². The molecule has 1 atom stereocenters. The fourth-order valence-electron chi connectivity index (χ4n) is 4.47. The van der Waals surface area contributed by atoms with Crippen LogP contribution in [0.5, 0.6) is 5.75 Å². The summed E-state index contributed by atoms with van der Waals surface area (Å²) in [5.74, 6) is 0.394. The molecule has 0 aliphatic carbocycles. The molecule has 0 N–H and O–H groups in total. The number of nitrogens with zero attached hydrogens (tertiary/aromatic N) is 3. The molecule has 0 radical (unpaired) electrons. The molecule has 2 heterocycles. The normalized spacial score (nSPS) is 20.1. The lowest BCUT2D eigenvalue weighted by Crippen LogP contribution is -2.44. The number of ether oxygens (including phenoxy) is 1. The van der Waals surface area contributed by atoms with Gasteiger partial charge in [0.05, 0.1) is 18.7 Å². The van der Waals surface area contributed by atoms with Gasteiger partial charge in [-0.2, -0.15) is 0 Å². The van der Waals surface area contributed by atoms with Crippen LogP contribution in [0.15, 0.2) is 48.5 Å². The number of hydrogen-bond donors (Lipinski definition) is 0. The smallest absolute Gasteiger partial charge is 0.257 e. The van der Waals surface area contributed by atoms with Gasteiger partial charge in [-0.3, -0.25) is 14.5 Å². The molecule has 2 aliphatic rings. The van der Waals surface area contributed by atoms with E-state index in [1.165, 1.54) is 12.1 Å². The van der Waals surface area contributed by atoms with Crippen LogP contribution in [0.2, 0.25) is 0 Å². The van der Waals surface area contributed by atoms with E-state index >= 15 is 0 Å². The molecule has 2 aliphatic heterocycles. The van der Waals surface area contributed by atoms with Gasteiger partial charge in [-0.25, -0.2) is 4.39 Å². The SMILES string of the molecule is COc1ccccc1C(=O)N1CCCN(C2CCN(Cc3ccc(F)cc3)C2=O)CC1. The lowest BCUT2D eigenvalue weighted by molar-refractivity contribution is -0.132. The number of halogens is 1. The zero-order valence-electron chi connectivity index (χ0n) is 17.8. The van der Waals surface area contributed by atoms with Gasteiger partial charge in [0.2, 0.25) is 5.91 Å². The van der Waals surface area contributed by atoms with Crippen molar-refractivity contribution in [2.24, 2.45) is 0 Å². The van der Waals surface area contributed by atoms with Gasteiger partial charge in [-0.05, 0) is 42.7 Å². The second-order valence-corrected chi connectivity index (χ2v) is 8.07. The molecule has 2 fully saturated rings. The highest BCUT2D eigenvalue weighted by Gasteiger charge is 2.36. The number of benzene rings is 2. The molecule has 2 aromatic rings. The van der Waals surface area contributed by atoms with E-state index in [9.17, 15) is 14.0 Å². The van der Waals surface area contributed by atoms with Gasteiger partial charge < -0.3 is 14.5 Å². The van der Waals surface area contributed by atoms with E-state index in [-0.39, 0.29) is 23.7 Å². The van der Waals surface area contributed by atoms with E-state index in [0.717, 1.165) is 24.9 Å². The van der Waals surface area contributed by atoms with Crippen LogP contribution in [0, 0.1) is 5.82 Å². The van der Waals surface area contributed by atoms with Crippen molar-refractivity contribution in [3.8, 4) is 5.75 Å². The number of likely N-dealkylation sites (tertiary alicyclic amines) is 1. The highest BCUT2D eigenvalue weighted by atomic mass is 19.1. The van der Waals surface area contributed by atoms with Crippen LogP contribution >= 0.6 is 0 Å². The number of rotatable bonds is 5. The molecule has 164 valence electrons. The van der Waals surface area contributed by atoms with Crippen molar-refractivity contribution in [1.82, 2.24) is 14.7 Å². The molecular weight excluding hydrogens is 397 g/mol. The van der Waals surface area contributed by atoms with Crippen molar-refractivity contribution in [1.29, 1.82) is 0 Å². The van der Waals surface area contributed by atoms with E-state index in [0.29, 0.717) is 44.0 Å². The lowest BCUT2D eigenvalue weighted by atomic mass is 10.1. The molecule has 0 aromatic heterocycles. The second-order valence-electron chi connectivity index (χ2n) is 8.07. The van der Waals surface area contributed by atoms with E-state index in [4.69, 9.17) is 4.74 Å². The summed E-state index contributed by atoms with van der Waals surface area (Å²) < 4.78 is 18.5. The first-order valence-electron chi connectivity index (χ1n) is 10.8. The first-order chi connectivity index (χ1) is 15.1. The second kappa shape index (κ2) is 9.47. The maximum Gasteiger partial charge on any atom is 0.257 e. The summed E-state index contributed by atoms with van der Waals surface area (Å²) in [5.41, 5.74) is 1.50. The molecule has 0 bridgehead atoms. The van der Waals surface area contributed by atoms with Gasteiger partial charge in [0.15, 0.2) is 0 Å². The minimum atomic E-state index is -0.272. The van der Waals surface area contributed by atoms with Crippen molar-refractivity contribution in [2.75, 3.05) is 39.8 Å².